The predicted octanol–water partition coefficient (Wildman–Crippen LogP) is 3.60. The van der Waals surface area contributed by atoms with E-state index in [9.17, 15) is 20.0 Å². The molecule has 1 aliphatic rings. The van der Waals surface area contributed by atoms with Gasteiger partial charge in [0.2, 0.25) is 0 Å². The number of hydrogen-bond acceptors (Lipinski definition) is 6. The van der Waals surface area contributed by atoms with E-state index in [1.165, 1.54) is 6.07 Å². The molecule has 8 heteroatoms. The molecule has 0 radical (unpaired) electrons. The maximum atomic E-state index is 12.4. The molecule has 8 nitrogen and oxygen atoms in total. The average Bonchev–Trinajstić information content (AvgIpc) is 2.80. The second-order valence-electron chi connectivity index (χ2n) is 7.99. The second-order valence-corrected chi connectivity index (χ2v) is 7.99. The minimum Gasteiger partial charge on any atom is -0.444 e. The number of carbonyl (C=O) groups is 1. The first-order valence-corrected chi connectivity index (χ1v) is 9.24. The zero-order valence-electron chi connectivity index (χ0n) is 16.4. The highest BCUT2D eigenvalue weighted by molar-refractivity contribution is 5.69. The van der Waals surface area contributed by atoms with Gasteiger partial charge in [-0.3, -0.25) is 10.1 Å². The molecular weight excluding hydrogens is 350 g/mol. The lowest BCUT2D eigenvalue weighted by Gasteiger charge is -2.29. The smallest absolute Gasteiger partial charge is 0.410 e. The van der Waals surface area contributed by atoms with Crippen molar-refractivity contribution in [1.82, 2.24) is 4.90 Å². The van der Waals surface area contributed by atoms with Crippen molar-refractivity contribution in [3.05, 3.63) is 33.4 Å². The van der Waals surface area contributed by atoms with Crippen LogP contribution in [0.4, 0.5) is 16.2 Å². The van der Waals surface area contributed by atoms with Gasteiger partial charge in [0.25, 0.3) is 5.69 Å². The van der Waals surface area contributed by atoms with Crippen LogP contribution in [-0.2, 0) is 11.3 Å². The summed E-state index contributed by atoms with van der Waals surface area (Å²) in [6.45, 7) is 8.04. The first-order valence-electron chi connectivity index (χ1n) is 9.24. The molecule has 1 amide bonds. The summed E-state index contributed by atoms with van der Waals surface area (Å²) in [5, 5.41) is 24.1. The van der Waals surface area contributed by atoms with Gasteiger partial charge in [-0.05, 0) is 58.1 Å². The van der Waals surface area contributed by atoms with Crippen LogP contribution >= 0.6 is 0 Å². The second kappa shape index (κ2) is 8.56. The fourth-order valence-electron chi connectivity index (χ4n) is 3.22. The molecule has 150 valence electrons. The summed E-state index contributed by atoms with van der Waals surface area (Å²) in [6.07, 6.45) is 2.22. The van der Waals surface area contributed by atoms with Crippen LogP contribution < -0.4 is 5.32 Å². The van der Waals surface area contributed by atoms with E-state index in [1.807, 2.05) is 20.8 Å². The van der Waals surface area contributed by atoms with Crippen molar-refractivity contribution in [1.29, 1.82) is 0 Å². The third kappa shape index (κ3) is 5.82. The Hall–Kier alpha value is -2.35. The maximum Gasteiger partial charge on any atom is 0.410 e. The molecule has 2 N–H and O–H groups in total. The van der Waals surface area contributed by atoms with Crippen molar-refractivity contribution in [2.24, 2.45) is 0 Å². The lowest BCUT2D eigenvalue weighted by atomic mass is 10.1. The number of likely N-dealkylation sites (tertiary alicyclic amines) is 1. The van der Waals surface area contributed by atoms with E-state index in [0.717, 1.165) is 19.3 Å². The molecular formula is C19H29N3O5. The number of amides is 1. The highest BCUT2D eigenvalue weighted by Gasteiger charge is 2.28. The zero-order valence-corrected chi connectivity index (χ0v) is 16.4. The Morgan fingerprint density at radius 1 is 1.41 bits per heavy atom. The van der Waals surface area contributed by atoms with Crippen molar-refractivity contribution < 1.29 is 19.6 Å². The molecule has 1 fully saturated rings. The van der Waals surface area contributed by atoms with Gasteiger partial charge in [-0.2, -0.15) is 0 Å². The van der Waals surface area contributed by atoms with E-state index in [1.54, 1.807) is 17.9 Å². The Kier molecular flexibility index (Phi) is 6.64. The molecule has 1 aromatic carbocycles. The first-order chi connectivity index (χ1) is 12.6. The topological polar surface area (TPSA) is 105 Å². The third-order valence-electron chi connectivity index (χ3n) is 4.43. The van der Waals surface area contributed by atoms with E-state index in [0.29, 0.717) is 29.9 Å². The molecule has 0 saturated carbocycles. The quantitative estimate of drug-likeness (QED) is 0.612. The van der Waals surface area contributed by atoms with Crippen molar-refractivity contribution in [3.8, 4) is 0 Å². The third-order valence-corrected chi connectivity index (χ3v) is 4.43. The normalized spacial score (nSPS) is 18.0. The van der Waals surface area contributed by atoms with Gasteiger partial charge in [0.1, 0.15) is 11.3 Å². The van der Waals surface area contributed by atoms with Gasteiger partial charge < -0.3 is 20.1 Å². The number of anilines is 1. The number of rotatable bonds is 4. The summed E-state index contributed by atoms with van der Waals surface area (Å²) >= 11 is 0. The summed E-state index contributed by atoms with van der Waals surface area (Å²) in [6, 6.07) is 3.01. The Bertz CT molecular complexity index is 699. The number of aliphatic hydroxyl groups excluding tert-OH is 1. The molecule has 0 spiro atoms. The largest absolute Gasteiger partial charge is 0.444 e. The highest BCUT2D eigenvalue weighted by atomic mass is 16.6. The van der Waals surface area contributed by atoms with Crippen molar-refractivity contribution in [3.63, 3.8) is 0 Å². The Morgan fingerprint density at radius 3 is 2.70 bits per heavy atom. The number of nitrogens with zero attached hydrogens (tertiary/aromatic N) is 2. The number of nitro benzene ring substituents is 1. The highest BCUT2D eigenvalue weighted by Crippen LogP contribution is 2.31. The Balaban J connectivity index is 2.21. The van der Waals surface area contributed by atoms with Crippen LogP contribution in [0.15, 0.2) is 12.1 Å². The SMILES string of the molecule is Cc1cc(CO)cc([N+](=O)[O-])c1N[C@@H]1CCCCN(C(=O)OC(C)(C)C)C1. The Labute approximate surface area is 159 Å². The van der Waals surface area contributed by atoms with E-state index in [-0.39, 0.29) is 24.4 Å². The van der Waals surface area contributed by atoms with Gasteiger partial charge in [-0.1, -0.05) is 6.07 Å². The molecule has 0 aromatic heterocycles. The molecule has 1 saturated heterocycles. The Morgan fingerprint density at radius 2 is 2.11 bits per heavy atom. The maximum absolute atomic E-state index is 12.4. The number of aliphatic hydroxyl groups is 1. The molecule has 0 unspecified atom stereocenters. The summed E-state index contributed by atoms with van der Waals surface area (Å²) in [7, 11) is 0. The molecule has 0 bridgehead atoms. The van der Waals surface area contributed by atoms with E-state index in [4.69, 9.17) is 4.74 Å². The monoisotopic (exact) mass is 379 g/mol. The lowest BCUT2D eigenvalue weighted by Crippen LogP contribution is -2.42. The molecule has 1 heterocycles. The van der Waals surface area contributed by atoms with Gasteiger partial charge in [0.15, 0.2) is 0 Å². The lowest BCUT2D eigenvalue weighted by molar-refractivity contribution is -0.384. The number of aryl methyl sites for hydroxylation is 1. The van der Waals surface area contributed by atoms with Crippen LogP contribution in [0.1, 0.15) is 51.2 Å². The summed E-state index contributed by atoms with van der Waals surface area (Å²) < 4.78 is 5.47. The molecule has 0 aliphatic carbocycles. The number of ether oxygens (including phenoxy) is 1. The molecule has 1 aliphatic heterocycles. The van der Waals surface area contributed by atoms with Crippen LogP contribution in [-0.4, -0.2) is 45.8 Å². The molecule has 1 atom stereocenters. The molecule has 2 rings (SSSR count). The summed E-state index contributed by atoms with van der Waals surface area (Å²) in [5.74, 6) is 0. The van der Waals surface area contributed by atoms with Gasteiger partial charge >= 0.3 is 6.09 Å². The van der Waals surface area contributed by atoms with E-state index in [2.05, 4.69) is 5.32 Å². The number of benzene rings is 1. The fraction of sp³-hybridized carbons (Fsp3) is 0.632. The number of hydrogen-bond donors (Lipinski definition) is 2. The van der Waals surface area contributed by atoms with Crippen LogP contribution in [0.25, 0.3) is 0 Å². The fourth-order valence-corrected chi connectivity index (χ4v) is 3.22. The molecule has 27 heavy (non-hydrogen) atoms. The van der Waals surface area contributed by atoms with Gasteiger partial charge in [0.05, 0.1) is 11.5 Å². The minimum atomic E-state index is -0.568. The zero-order chi connectivity index (χ0) is 20.2. The van der Waals surface area contributed by atoms with Crippen LogP contribution in [0.3, 0.4) is 0 Å². The van der Waals surface area contributed by atoms with Crippen LogP contribution in [0, 0.1) is 17.0 Å². The first kappa shape index (κ1) is 21.0. The van der Waals surface area contributed by atoms with E-state index < -0.39 is 10.5 Å². The van der Waals surface area contributed by atoms with Crippen molar-refractivity contribution in [2.45, 2.75) is 65.2 Å². The van der Waals surface area contributed by atoms with Gasteiger partial charge in [0, 0.05) is 25.2 Å². The summed E-state index contributed by atoms with van der Waals surface area (Å²) in [4.78, 5) is 25.1. The van der Waals surface area contributed by atoms with Crippen molar-refractivity contribution >= 4 is 17.5 Å². The average molecular weight is 379 g/mol. The van der Waals surface area contributed by atoms with Gasteiger partial charge in [-0.25, -0.2) is 4.79 Å². The molecule has 1 aromatic rings. The van der Waals surface area contributed by atoms with Crippen LogP contribution in [0.5, 0.6) is 0 Å². The number of nitro groups is 1. The van der Waals surface area contributed by atoms with Crippen LogP contribution in [0.2, 0.25) is 0 Å². The number of carbonyl (C=O) groups excluding carboxylic acids is 1. The number of nitrogens with one attached hydrogen (secondary N) is 1. The standard InChI is InChI=1S/C19H29N3O5/c1-13-9-14(12-23)10-16(22(25)26)17(13)20-15-7-5-6-8-21(11-15)18(24)27-19(2,3)4/h9-10,15,20,23H,5-8,11-12H2,1-4H3/t15-/m1/s1. The van der Waals surface area contributed by atoms with Crippen molar-refractivity contribution in [2.75, 3.05) is 18.4 Å². The predicted molar refractivity (Wildman–Crippen MR) is 103 cm³/mol. The minimum absolute atomic E-state index is 0.0629. The summed E-state index contributed by atoms with van der Waals surface area (Å²) in [5.41, 5.74) is 1.00. The van der Waals surface area contributed by atoms with Gasteiger partial charge in [-0.15, -0.1) is 0 Å². The van der Waals surface area contributed by atoms with E-state index >= 15 is 0 Å².